The van der Waals surface area contributed by atoms with Crippen molar-refractivity contribution in [3.05, 3.63) is 41.2 Å². The van der Waals surface area contributed by atoms with Crippen LogP contribution in [-0.2, 0) is 14.3 Å². The van der Waals surface area contributed by atoms with Gasteiger partial charge in [-0.1, -0.05) is 49.6 Å². The Bertz CT molecular complexity index is 596. The molecule has 0 atom stereocenters. The first kappa shape index (κ1) is 23.2. The third-order valence-electron chi connectivity index (χ3n) is 3.82. The Morgan fingerprint density at radius 1 is 1.04 bits per heavy atom. The number of benzene rings is 1. The van der Waals surface area contributed by atoms with Crippen LogP contribution in [0.4, 0.5) is 4.39 Å². The zero-order valence-electron chi connectivity index (χ0n) is 15.8. The lowest BCUT2D eigenvalue weighted by molar-refractivity contribution is -0.144. The molecule has 0 saturated carbocycles. The quantitative estimate of drug-likeness (QED) is 0.176. The van der Waals surface area contributed by atoms with Crippen LogP contribution in [0.3, 0.4) is 0 Å². The molecule has 1 aromatic carbocycles. The Balaban J connectivity index is 2.09. The van der Waals surface area contributed by atoms with Gasteiger partial charge >= 0.3 is 11.9 Å². The normalized spacial score (nSPS) is 10.9. The van der Waals surface area contributed by atoms with Gasteiger partial charge in [0.25, 0.3) is 0 Å². The van der Waals surface area contributed by atoms with Gasteiger partial charge in [0, 0.05) is 12.8 Å². The minimum atomic E-state index is -0.699. The summed E-state index contributed by atoms with van der Waals surface area (Å²) in [5.74, 6) is -1.97. The standard InChI is InChI=1S/C21H28ClFO4/c1-2-3-4-5-6-7-8-9-16-26-19(24)14-11-15-20(25)27-21-17(22)12-10-13-18(21)23/h6-7,10,12-13H,2-5,8-9,11,14-16H2,1H3/b7-6+. The maximum absolute atomic E-state index is 13.5. The van der Waals surface area contributed by atoms with Crippen molar-refractivity contribution in [1.29, 1.82) is 0 Å². The first-order chi connectivity index (χ1) is 13.0. The first-order valence-corrected chi connectivity index (χ1v) is 9.87. The number of hydrogen-bond donors (Lipinski definition) is 0. The number of halogens is 2. The number of hydrogen-bond acceptors (Lipinski definition) is 4. The second-order valence-electron chi connectivity index (χ2n) is 6.21. The molecule has 0 heterocycles. The van der Waals surface area contributed by atoms with Gasteiger partial charge < -0.3 is 9.47 Å². The molecule has 0 fully saturated rings. The summed E-state index contributed by atoms with van der Waals surface area (Å²) in [4.78, 5) is 23.3. The molecule has 0 amide bonds. The molecule has 1 aromatic rings. The summed E-state index contributed by atoms with van der Waals surface area (Å²) in [5, 5.41) is 0.0298. The lowest BCUT2D eigenvalue weighted by Crippen LogP contribution is -2.11. The van der Waals surface area contributed by atoms with Gasteiger partial charge in [0.1, 0.15) is 0 Å². The molecule has 0 spiro atoms. The van der Waals surface area contributed by atoms with Gasteiger partial charge in [0.2, 0.25) is 0 Å². The molecule has 0 radical (unpaired) electrons. The average Bonchev–Trinajstić information content (AvgIpc) is 2.63. The molecule has 0 aromatic heterocycles. The average molecular weight is 399 g/mol. The van der Waals surface area contributed by atoms with Crippen molar-refractivity contribution in [2.45, 2.75) is 64.7 Å². The van der Waals surface area contributed by atoms with E-state index >= 15 is 0 Å². The van der Waals surface area contributed by atoms with E-state index in [-0.39, 0.29) is 36.0 Å². The summed E-state index contributed by atoms with van der Waals surface area (Å²) in [5.41, 5.74) is 0. The lowest BCUT2D eigenvalue weighted by atomic mass is 10.2. The van der Waals surface area contributed by atoms with Gasteiger partial charge in [-0.05, 0) is 44.2 Å². The van der Waals surface area contributed by atoms with E-state index in [9.17, 15) is 14.0 Å². The molecule has 0 aliphatic heterocycles. The van der Waals surface area contributed by atoms with E-state index in [0.29, 0.717) is 6.61 Å². The molecule has 27 heavy (non-hydrogen) atoms. The molecular formula is C21H28ClFO4. The van der Waals surface area contributed by atoms with Crippen LogP contribution in [0.15, 0.2) is 30.4 Å². The third-order valence-corrected chi connectivity index (χ3v) is 4.11. The number of carbonyl (C=O) groups is 2. The van der Waals surface area contributed by atoms with Gasteiger partial charge in [0.15, 0.2) is 11.6 Å². The molecule has 4 nitrogen and oxygen atoms in total. The zero-order valence-corrected chi connectivity index (χ0v) is 16.6. The number of allylic oxidation sites excluding steroid dienone is 2. The summed E-state index contributed by atoms with van der Waals surface area (Å²) < 4.78 is 23.6. The highest BCUT2D eigenvalue weighted by Gasteiger charge is 2.13. The second-order valence-corrected chi connectivity index (χ2v) is 6.62. The zero-order chi connectivity index (χ0) is 19.9. The van der Waals surface area contributed by atoms with Gasteiger partial charge in [-0.3, -0.25) is 9.59 Å². The minimum Gasteiger partial charge on any atom is -0.466 e. The Morgan fingerprint density at radius 3 is 2.44 bits per heavy atom. The summed E-state index contributed by atoms with van der Waals surface area (Å²) >= 11 is 5.79. The molecule has 0 aliphatic carbocycles. The van der Waals surface area contributed by atoms with E-state index in [2.05, 4.69) is 19.1 Å². The van der Waals surface area contributed by atoms with E-state index in [1.807, 2.05) is 0 Å². The van der Waals surface area contributed by atoms with Crippen molar-refractivity contribution in [2.75, 3.05) is 6.61 Å². The predicted octanol–water partition coefficient (Wildman–Crippen LogP) is 6.01. The molecule has 0 unspecified atom stereocenters. The van der Waals surface area contributed by atoms with Gasteiger partial charge in [0.05, 0.1) is 11.6 Å². The maximum atomic E-state index is 13.5. The number of rotatable bonds is 13. The van der Waals surface area contributed by atoms with Gasteiger partial charge in [-0.15, -0.1) is 0 Å². The highest BCUT2D eigenvalue weighted by atomic mass is 35.5. The van der Waals surface area contributed by atoms with Crippen LogP contribution in [0, 0.1) is 5.82 Å². The number of ether oxygens (including phenoxy) is 2. The fourth-order valence-corrected chi connectivity index (χ4v) is 2.53. The van der Waals surface area contributed by atoms with Crippen LogP contribution >= 0.6 is 11.6 Å². The monoisotopic (exact) mass is 398 g/mol. The van der Waals surface area contributed by atoms with Crippen LogP contribution in [0.1, 0.15) is 64.7 Å². The largest absolute Gasteiger partial charge is 0.466 e. The van der Waals surface area contributed by atoms with Crippen LogP contribution in [0.5, 0.6) is 5.75 Å². The SMILES string of the molecule is CCCCC/C=C/CCCOC(=O)CCCC(=O)Oc1c(F)cccc1Cl. The fraction of sp³-hybridized carbons (Fsp3) is 0.524. The van der Waals surface area contributed by atoms with E-state index < -0.39 is 11.8 Å². The Hall–Kier alpha value is -1.88. The van der Waals surface area contributed by atoms with Crippen molar-refractivity contribution < 1.29 is 23.5 Å². The Kier molecular flexibility index (Phi) is 12.2. The molecule has 150 valence electrons. The van der Waals surface area contributed by atoms with Crippen LogP contribution < -0.4 is 4.74 Å². The highest BCUT2D eigenvalue weighted by molar-refractivity contribution is 6.32. The van der Waals surface area contributed by atoms with E-state index in [0.717, 1.165) is 25.3 Å². The molecule has 1 rings (SSSR count). The van der Waals surface area contributed by atoms with Crippen molar-refractivity contribution in [1.82, 2.24) is 0 Å². The molecule has 6 heteroatoms. The summed E-state index contributed by atoms with van der Waals surface area (Å²) in [7, 11) is 0. The van der Waals surface area contributed by atoms with Crippen LogP contribution in [0.2, 0.25) is 5.02 Å². The molecule has 0 aliphatic rings. The van der Waals surface area contributed by atoms with Crippen molar-refractivity contribution in [2.24, 2.45) is 0 Å². The van der Waals surface area contributed by atoms with Crippen LogP contribution in [0.25, 0.3) is 0 Å². The minimum absolute atomic E-state index is 0.0136. The lowest BCUT2D eigenvalue weighted by Gasteiger charge is -2.07. The topological polar surface area (TPSA) is 52.6 Å². The summed E-state index contributed by atoms with van der Waals surface area (Å²) in [6.07, 6.45) is 11.1. The molecule has 0 saturated heterocycles. The van der Waals surface area contributed by atoms with Gasteiger partial charge in [-0.2, -0.15) is 0 Å². The van der Waals surface area contributed by atoms with E-state index in [1.165, 1.54) is 31.4 Å². The Labute approximate surface area is 165 Å². The Morgan fingerprint density at radius 2 is 1.74 bits per heavy atom. The number of esters is 2. The summed E-state index contributed by atoms with van der Waals surface area (Å²) in [6, 6.07) is 4.02. The van der Waals surface area contributed by atoms with E-state index in [4.69, 9.17) is 21.1 Å². The van der Waals surface area contributed by atoms with E-state index in [1.54, 1.807) is 0 Å². The summed E-state index contributed by atoms with van der Waals surface area (Å²) in [6.45, 7) is 2.55. The fourth-order valence-electron chi connectivity index (χ4n) is 2.33. The smallest absolute Gasteiger partial charge is 0.311 e. The van der Waals surface area contributed by atoms with Crippen molar-refractivity contribution >= 4 is 23.5 Å². The first-order valence-electron chi connectivity index (χ1n) is 9.50. The third kappa shape index (κ3) is 10.8. The maximum Gasteiger partial charge on any atom is 0.311 e. The van der Waals surface area contributed by atoms with Crippen molar-refractivity contribution in [3.8, 4) is 5.75 Å². The number of para-hydroxylation sites is 1. The molecule has 0 N–H and O–H groups in total. The number of carbonyl (C=O) groups excluding carboxylic acids is 2. The number of unbranched alkanes of at least 4 members (excludes halogenated alkanes) is 4. The molecule has 0 bridgehead atoms. The predicted molar refractivity (Wildman–Crippen MR) is 104 cm³/mol. The second kappa shape index (κ2) is 14.2. The van der Waals surface area contributed by atoms with Gasteiger partial charge in [-0.25, -0.2) is 4.39 Å². The highest BCUT2D eigenvalue weighted by Crippen LogP contribution is 2.27. The molecular weight excluding hydrogens is 371 g/mol. The van der Waals surface area contributed by atoms with Crippen LogP contribution in [-0.4, -0.2) is 18.5 Å². The van der Waals surface area contributed by atoms with Crippen molar-refractivity contribution in [3.63, 3.8) is 0 Å².